The lowest BCUT2D eigenvalue weighted by molar-refractivity contribution is -0.143. The predicted octanol–water partition coefficient (Wildman–Crippen LogP) is 3.73. The van der Waals surface area contributed by atoms with Crippen LogP contribution in [0.2, 0.25) is 0 Å². The summed E-state index contributed by atoms with van der Waals surface area (Å²) in [4.78, 5) is 23.7. The third-order valence-corrected chi connectivity index (χ3v) is 3.96. The zero-order chi connectivity index (χ0) is 23.0. The molecule has 31 heavy (non-hydrogen) atoms. The normalized spacial score (nSPS) is 13.2. The smallest absolute Gasteiger partial charge is 0.342 e. The molecule has 0 aliphatic rings. The topological polar surface area (TPSA) is 85.6 Å². The highest BCUT2D eigenvalue weighted by Crippen LogP contribution is 2.36. The number of carbonyl (C=O) groups excluding carboxylic acids is 1. The monoisotopic (exact) mass is 448 g/mol. The second-order valence-electron chi connectivity index (χ2n) is 6.22. The summed E-state index contributed by atoms with van der Waals surface area (Å²) in [5.41, 5.74) is -4.09. The van der Waals surface area contributed by atoms with Gasteiger partial charge in [-0.05, 0) is 25.1 Å². The SMILES string of the molecule is CC(NC(=O)c1cc(C(F)(F)F)cc(C(F)(F)F)c1)c1ncnn1-c1ncc(F)cn1. The Morgan fingerprint density at radius 2 is 1.52 bits per heavy atom. The molecule has 0 radical (unpaired) electrons. The number of hydrogen-bond acceptors (Lipinski definition) is 5. The highest BCUT2D eigenvalue weighted by atomic mass is 19.4. The van der Waals surface area contributed by atoms with E-state index in [9.17, 15) is 35.5 Å². The lowest BCUT2D eigenvalue weighted by Crippen LogP contribution is -2.29. The summed E-state index contributed by atoms with van der Waals surface area (Å²) in [5.74, 6) is -2.05. The van der Waals surface area contributed by atoms with Crippen LogP contribution in [0.25, 0.3) is 5.95 Å². The van der Waals surface area contributed by atoms with Crippen LogP contribution in [0.5, 0.6) is 0 Å². The van der Waals surface area contributed by atoms with E-state index in [0.717, 1.165) is 23.4 Å². The van der Waals surface area contributed by atoms with Gasteiger partial charge in [0.1, 0.15) is 6.33 Å². The summed E-state index contributed by atoms with van der Waals surface area (Å²) < 4.78 is 92.0. The summed E-state index contributed by atoms with van der Waals surface area (Å²) in [6.45, 7) is 1.36. The fourth-order valence-electron chi connectivity index (χ4n) is 2.55. The highest BCUT2D eigenvalue weighted by Gasteiger charge is 2.37. The van der Waals surface area contributed by atoms with Crippen LogP contribution >= 0.6 is 0 Å². The standard InChI is InChI=1S/C17H11F7N6O/c1-8(13-27-7-28-30(13)15-25-5-12(18)6-26-15)29-14(31)9-2-10(16(19,20)21)4-11(3-9)17(22,23)24/h2-8H,1H3,(H,29,31). The van der Waals surface area contributed by atoms with E-state index in [1.54, 1.807) is 0 Å². The number of nitrogens with one attached hydrogen (secondary N) is 1. The first-order valence-corrected chi connectivity index (χ1v) is 8.34. The summed E-state index contributed by atoms with van der Waals surface area (Å²) >= 11 is 0. The maximum absolute atomic E-state index is 13.0. The number of aromatic nitrogens is 5. The van der Waals surface area contributed by atoms with Crippen molar-refractivity contribution in [1.82, 2.24) is 30.0 Å². The fourth-order valence-corrected chi connectivity index (χ4v) is 2.55. The number of hydrogen-bond donors (Lipinski definition) is 1. The Kier molecular flexibility index (Phi) is 5.65. The molecule has 0 spiro atoms. The van der Waals surface area contributed by atoms with Gasteiger partial charge in [-0.1, -0.05) is 0 Å². The van der Waals surface area contributed by atoms with Crippen molar-refractivity contribution >= 4 is 5.91 Å². The molecule has 7 nitrogen and oxygen atoms in total. The van der Waals surface area contributed by atoms with E-state index in [1.165, 1.54) is 6.92 Å². The number of benzene rings is 1. The molecule has 0 saturated heterocycles. The first kappa shape index (κ1) is 22.1. The Labute approximate surface area is 169 Å². The maximum atomic E-state index is 13.0. The quantitative estimate of drug-likeness (QED) is 0.615. The molecule has 3 rings (SSSR count). The van der Waals surface area contributed by atoms with Crippen LogP contribution in [-0.4, -0.2) is 30.6 Å². The van der Waals surface area contributed by atoms with Crippen LogP contribution in [-0.2, 0) is 12.4 Å². The van der Waals surface area contributed by atoms with Gasteiger partial charge in [0.05, 0.1) is 29.6 Å². The van der Waals surface area contributed by atoms with Gasteiger partial charge in [-0.2, -0.15) is 36.1 Å². The molecule has 1 amide bonds. The van der Waals surface area contributed by atoms with E-state index in [-0.39, 0.29) is 17.8 Å². The summed E-state index contributed by atoms with van der Waals surface area (Å²) in [5, 5.41) is 6.07. The van der Waals surface area contributed by atoms with Gasteiger partial charge in [0.2, 0.25) is 0 Å². The van der Waals surface area contributed by atoms with E-state index < -0.39 is 46.8 Å². The molecule has 1 unspecified atom stereocenters. The Morgan fingerprint density at radius 3 is 2.03 bits per heavy atom. The molecular weight excluding hydrogens is 437 g/mol. The maximum Gasteiger partial charge on any atom is 0.416 e. The second-order valence-corrected chi connectivity index (χ2v) is 6.22. The molecule has 14 heteroatoms. The van der Waals surface area contributed by atoms with E-state index in [0.29, 0.717) is 12.1 Å². The van der Waals surface area contributed by atoms with E-state index in [2.05, 4.69) is 25.4 Å². The van der Waals surface area contributed by atoms with Crippen molar-refractivity contribution in [3.05, 3.63) is 65.3 Å². The van der Waals surface area contributed by atoms with Crippen molar-refractivity contribution in [3.63, 3.8) is 0 Å². The van der Waals surface area contributed by atoms with Gasteiger partial charge in [0, 0.05) is 5.56 Å². The van der Waals surface area contributed by atoms with Crippen molar-refractivity contribution < 1.29 is 35.5 Å². The first-order chi connectivity index (χ1) is 14.4. The lowest BCUT2D eigenvalue weighted by atomic mass is 10.0. The molecule has 2 aromatic heterocycles. The molecule has 0 saturated carbocycles. The number of amides is 1. The highest BCUT2D eigenvalue weighted by molar-refractivity contribution is 5.94. The van der Waals surface area contributed by atoms with Crippen LogP contribution in [0.3, 0.4) is 0 Å². The zero-order valence-electron chi connectivity index (χ0n) is 15.3. The minimum absolute atomic E-state index is 0.00276. The Balaban J connectivity index is 1.90. The molecule has 2 heterocycles. The van der Waals surface area contributed by atoms with Gasteiger partial charge in [-0.15, -0.1) is 0 Å². The number of nitrogens with zero attached hydrogens (tertiary/aromatic N) is 5. The molecule has 1 atom stereocenters. The Morgan fingerprint density at radius 1 is 0.968 bits per heavy atom. The van der Waals surface area contributed by atoms with E-state index >= 15 is 0 Å². The molecule has 0 bridgehead atoms. The van der Waals surface area contributed by atoms with Gasteiger partial charge < -0.3 is 5.32 Å². The van der Waals surface area contributed by atoms with Crippen molar-refractivity contribution in [3.8, 4) is 5.95 Å². The van der Waals surface area contributed by atoms with Crippen molar-refractivity contribution in [2.75, 3.05) is 0 Å². The van der Waals surface area contributed by atoms with Crippen molar-refractivity contribution in [2.45, 2.75) is 25.3 Å². The van der Waals surface area contributed by atoms with Gasteiger partial charge in [0.15, 0.2) is 11.6 Å². The van der Waals surface area contributed by atoms with Gasteiger partial charge in [0.25, 0.3) is 11.9 Å². The Bertz CT molecular complexity index is 1060. The van der Waals surface area contributed by atoms with Gasteiger partial charge in [-0.3, -0.25) is 4.79 Å². The zero-order valence-corrected chi connectivity index (χ0v) is 15.3. The minimum Gasteiger partial charge on any atom is -0.342 e. The van der Waals surface area contributed by atoms with Crippen LogP contribution < -0.4 is 5.32 Å². The van der Waals surface area contributed by atoms with Crippen LogP contribution in [0.4, 0.5) is 30.7 Å². The molecule has 0 aliphatic heterocycles. The second kappa shape index (κ2) is 7.92. The predicted molar refractivity (Wildman–Crippen MR) is 89.2 cm³/mol. The Hall–Kier alpha value is -3.58. The summed E-state index contributed by atoms with van der Waals surface area (Å²) in [6, 6.07) is -0.494. The molecule has 0 aliphatic carbocycles. The first-order valence-electron chi connectivity index (χ1n) is 8.34. The number of rotatable bonds is 4. The number of alkyl halides is 6. The summed E-state index contributed by atoms with van der Waals surface area (Å²) in [6.07, 6.45) is -7.45. The van der Waals surface area contributed by atoms with E-state index in [1.807, 2.05) is 0 Å². The molecule has 1 N–H and O–H groups in total. The van der Waals surface area contributed by atoms with Crippen LogP contribution in [0.1, 0.15) is 40.3 Å². The minimum atomic E-state index is -5.10. The largest absolute Gasteiger partial charge is 0.416 e. The van der Waals surface area contributed by atoms with Gasteiger partial charge >= 0.3 is 12.4 Å². The molecular formula is C17H11F7N6O. The van der Waals surface area contributed by atoms with Crippen LogP contribution in [0.15, 0.2) is 36.9 Å². The molecule has 1 aromatic carbocycles. The molecule has 3 aromatic rings. The van der Waals surface area contributed by atoms with Crippen molar-refractivity contribution in [2.24, 2.45) is 0 Å². The fraction of sp³-hybridized carbons (Fsp3) is 0.235. The van der Waals surface area contributed by atoms with Crippen LogP contribution in [0, 0.1) is 5.82 Å². The average molecular weight is 448 g/mol. The summed E-state index contributed by atoms with van der Waals surface area (Å²) in [7, 11) is 0. The lowest BCUT2D eigenvalue weighted by Gasteiger charge is -2.16. The molecule has 164 valence electrons. The number of halogens is 7. The van der Waals surface area contributed by atoms with Crippen molar-refractivity contribution in [1.29, 1.82) is 0 Å². The van der Waals surface area contributed by atoms with Gasteiger partial charge in [-0.25, -0.2) is 19.3 Å². The average Bonchev–Trinajstić information content (AvgIpc) is 3.16. The third kappa shape index (κ3) is 4.95. The third-order valence-electron chi connectivity index (χ3n) is 3.96. The number of carbonyl (C=O) groups is 1. The van der Waals surface area contributed by atoms with E-state index in [4.69, 9.17) is 0 Å². The molecule has 0 fully saturated rings.